The number of amides is 2. The molecule has 0 aromatic heterocycles. The molecule has 162 valence electrons. The van der Waals surface area contributed by atoms with Gasteiger partial charge in [-0.3, -0.25) is 14.5 Å². The number of morpholine rings is 1. The third-order valence-electron chi connectivity index (χ3n) is 5.25. The zero-order chi connectivity index (χ0) is 21.8. The van der Waals surface area contributed by atoms with Crippen LogP contribution in [0.3, 0.4) is 0 Å². The summed E-state index contributed by atoms with van der Waals surface area (Å²) in [6, 6.07) is 12.7. The molecular formula is C23H23FN2O5. The van der Waals surface area contributed by atoms with Crippen molar-refractivity contribution < 1.29 is 28.2 Å². The van der Waals surface area contributed by atoms with Gasteiger partial charge in [0, 0.05) is 13.1 Å². The highest BCUT2D eigenvalue weighted by molar-refractivity contribution is 6.35. The van der Waals surface area contributed by atoms with Gasteiger partial charge in [-0.05, 0) is 42.0 Å². The Labute approximate surface area is 179 Å². The summed E-state index contributed by atoms with van der Waals surface area (Å²) in [4.78, 5) is 29.5. The van der Waals surface area contributed by atoms with Crippen LogP contribution in [0.5, 0.6) is 11.5 Å². The monoisotopic (exact) mass is 426 g/mol. The van der Waals surface area contributed by atoms with Crippen LogP contribution in [0.15, 0.2) is 54.2 Å². The molecule has 0 spiro atoms. The minimum absolute atomic E-state index is 0.0994. The Morgan fingerprint density at radius 1 is 0.935 bits per heavy atom. The van der Waals surface area contributed by atoms with Gasteiger partial charge in [-0.1, -0.05) is 12.1 Å². The standard InChI is InChI=1S/C23H23FN2O5/c1-29-18-6-8-19(9-7-18)31-15-12-26-22(27)20(16-2-4-17(24)5-3-16)21(23(26)28)25-10-13-30-14-11-25/h2-9H,10-15H2,1H3. The summed E-state index contributed by atoms with van der Waals surface area (Å²) in [6.07, 6.45) is 0. The van der Waals surface area contributed by atoms with E-state index in [0.29, 0.717) is 49.1 Å². The summed E-state index contributed by atoms with van der Waals surface area (Å²) in [7, 11) is 1.58. The molecule has 2 amide bonds. The van der Waals surface area contributed by atoms with Gasteiger partial charge in [-0.25, -0.2) is 4.39 Å². The molecule has 0 bridgehead atoms. The van der Waals surface area contributed by atoms with Gasteiger partial charge in [0.05, 0.1) is 32.4 Å². The Balaban J connectivity index is 1.53. The number of carbonyl (C=O) groups excluding carboxylic acids is 2. The summed E-state index contributed by atoms with van der Waals surface area (Å²) in [5, 5.41) is 0. The Morgan fingerprint density at radius 3 is 2.23 bits per heavy atom. The largest absolute Gasteiger partial charge is 0.497 e. The predicted molar refractivity (Wildman–Crippen MR) is 111 cm³/mol. The molecule has 0 aliphatic carbocycles. The lowest BCUT2D eigenvalue weighted by atomic mass is 10.0. The van der Waals surface area contributed by atoms with E-state index in [-0.39, 0.29) is 24.6 Å². The number of benzene rings is 2. The minimum Gasteiger partial charge on any atom is -0.497 e. The lowest BCUT2D eigenvalue weighted by molar-refractivity contribution is -0.138. The molecule has 2 aliphatic heterocycles. The van der Waals surface area contributed by atoms with Crippen LogP contribution >= 0.6 is 0 Å². The van der Waals surface area contributed by atoms with Crippen LogP contribution in [0.2, 0.25) is 0 Å². The fourth-order valence-electron chi connectivity index (χ4n) is 3.65. The lowest BCUT2D eigenvalue weighted by Gasteiger charge is -2.29. The van der Waals surface area contributed by atoms with Crippen LogP contribution in [-0.4, -0.2) is 68.2 Å². The molecule has 2 aromatic rings. The SMILES string of the molecule is COc1ccc(OCCN2C(=O)C(c3ccc(F)cc3)=C(N3CCOCC3)C2=O)cc1. The van der Waals surface area contributed by atoms with Gasteiger partial charge in [0.25, 0.3) is 11.8 Å². The van der Waals surface area contributed by atoms with E-state index in [4.69, 9.17) is 14.2 Å². The predicted octanol–water partition coefficient (Wildman–Crippen LogP) is 2.33. The van der Waals surface area contributed by atoms with Crippen molar-refractivity contribution in [3.8, 4) is 11.5 Å². The van der Waals surface area contributed by atoms with Crippen LogP contribution in [-0.2, 0) is 14.3 Å². The van der Waals surface area contributed by atoms with Crippen molar-refractivity contribution in [1.82, 2.24) is 9.80 Å². The molecule has 8 heteroatoms. The fourth-order valence-corrected chi connectivity index (χ4v) is 3.65. The van der Waals surface area contributed by atoms with Gasteiger partial charge in [0.1, 0.15) is 29.6 Å². The summed E-state index contributed by atoms with van der Waals surface area (Å²) in [6.45, 7) is 2.22. The molecule has 0 unspecified atom stereocenters. The molecule has 31 heavy (non-hydrogen) atoms. The Kier molecular flexibility index (Phi) is 6.18. The molecule has 2 aliphatic rings. The number of ether oxygens (including phenoxy) is 3. The average Bonchev–Trinajstić information content (AvgIpc) is 3.05. The summed E-state index contributed by atoms with van der Waals surface area (Å²) < 4.78 is 29.6. The lowest BCUT2D eigenvalue weighted by Crippen LogP contribution is -2.41. The van der Waals surface area contributed by atoms with Crippen LogP contribution in [0.25, 0.3) is 5.57 Å². The maximum absolute atomic E-state index is 13.4. The third kappa shape index (κ3) is 4.39. The van der Waals surface area contributed by atoms with E-state index >= 15 is 0 Å². The molecule has 1 saturated heterocycles. The zero-order valence-corrected chi connectivity index (χ0v) is 17.2. The van der Waals surface area contributed by atoms with Crippen molar-refractivity contribution >= 4 is 17.4 Å². The molecule has 7 nitrogen and oxygen atoms in total. The Bertz CT molecular complexity index is 982. The number of methoxy groups -OCH3 is 1. The van der Waals surface area contributed by atoms with E-state index in [0.717, 1.165) is 0 Å². The summed E-state index contributed by atoms with van der Waals surface area (Å²) in [5.41, 5.74) is 1.14. The number of imide groups is 1. The van der Waals surface area contributed by atoms with Crippen molar-refractivity contribution in [2.75, 3.05) is 46.6 Å². The van der Waals surface area contributed by atoms with Crippen LogP contribution < -0.4 is 9.47 Å². The van der Waals surface area contributed by atoms with E-state index in [1.54, 1.807) is 31.4 Å². The summed E-state index contributed by atoms with van der Waals surface area (Å²) >= 11 is 0. The zero-order valence-electron chi connectivity index (χ0n) is 17.2. The maximum Gasteiger partial charge on any atom is 0.277 e. The number of carbonyl (C=O) groups is 2. The van der Waals surface area contributed by atoms with E-state index < -0.39 is 11.7 Å². The van der Waals surface area contributed by atoms with Gasteiger partial charge in [-0.15, -0.1) is 0 Å². The van der Waals surface area contributed by atoms with Crippen LogP contribution in [0.1, 0.15) is 5.56 Å². The van der Waals surface area contributed by atoms with Gasteiger partial charge in [0.15, 0.2) is 0 Å². The van der Waals surface area contributed by atoms with Gasteiger partial charge in [-0.2, -0.15) is 0 Å². The van der Waals surface area contributed by atoms with Crippen molar-refractivity contribution in [1.29, 1.82) is 0 Å². The van der Waals surface area contributed by atoms with Gasteiger partial charge >= 0.3 is 0 Å². The Morgan fingerprint density at radius 2 is 1.58 bits per heavy atom. The van der Waals surface area contributed by atoms with Crippen molar-refractivity contribution in [3.63, 3.8) is 0 Å². The van der Waals surface area contributed by atoms with Crippen molar-refractivity contribution in [3.05, 3.63) is 65.6 Å². The first-order chi connectivity index (χ1) is 15.1. The molecule has 2 aromatic carbocycles. The molecule has 2 heterocycles. The highest BCUT2D eigenvalue weighted by atomic mass is 19.1. The fraction of sp³-hybridized carbons (Fsp3) is 0.304. The molecular weight excluding hydrogens is 403 g/mol. The number of rotatable bonds is 7. The maximum atomic E-state index is 13.4. The topological polar surface area (TPSA) is 68.3 Å². The number of nitrogens with zero attached hydrogens (tertiary/aromatic N) is 2. The van der Waals surface area contributed by atoms with Crippen LogP contribution in [0, 0.1) is 5.82 Å². The van der Waals surface area contributed by atoms with Gasteiger partial charge in [0.2, 0.25) is 0 Å². The Hall–Kier alpha value is -3.39. The highest BCUT2D eigenvalue weighted by Gasteiger charge is 2.41. The first kappa shape index (κ1) is 20.9. The number of hydrogen-bond acceptors (Lipinski definition) is 6. The molecule has 0 saturated carbocycles. The van der Waals surface area contributed by atoms with E-state index in [9.17, 15) is 14.0 Å². The molecule has 0 atom stereocenters. The summed E-state index contributed by atoms with van der Waals surface area (Å²) in [5.74, 6) is 0.139. The van der Waals surface area contributed by atoms with E-state index in [2.05, 4.69) is 0 Å². The second-order valence-corrected chi connectivity index (χ2v) is 7.12. The third-order valence-corrected chi connectivity index (χ3v) is 5.25. The number of halogens is 1. The van der Waals surface area contributed by atoms with Crippen molar-refractivity contribution in [2.24, 2.45) is 0 Å². The normalized spacial score (nSPS) is 16.8. The van der Waals surface area contributed by atoms with E-state index in [1.807, 2.05) is 4.90 Å². The molecule has 0 N–H and O–H groups in total. The molecule has 1 fully saturated rings. The highest BCUT2D eigenvalue weighted by Crippen LogP contribution is 2.32. The smallest absolute Gasteiger partial charge is 0.277 e. The molecule has 4 rings (SSSR count). The van der Waals surface area contributed by atoms with E-state index in [1.165, 1.54) is 29.2 Å². The van der Waals surface area contributed by atoms with Crippen molar-refractivity contribution in [2.45, 2.75) is 0 Å². The second-order valence-electron chi connectivity index (χ2n) is 7.12. The first-order valence-electron chi connectivity index (χ1n) is 10.0. The molecule has 0 radical (unpaired) electrons. The number of hydrogen-bond donors (Lipinski definition) is 0. The average molecular weight is 426 g/mol. The van der Waals surface area contributed by atoms with Crippen LogP contribution in [0.4, 0.5) is 4.39 Å². The quantitative estimate of drug-likeness (QED) is 0.633. The minimum atomic E-state index is -0.406. The van der Waals surface area contributed by atoms with Gasteiger partial charge < -0.3 is 19.1 Å². The second kappa shape index (κ2) is 9.18. The first-order valence-corrected chi connectivity index (χ1v) is 10.0.